The van der Waals surface area contributed by atoms with Crippen molar-refractivity contribution in [1.29, 1.82) is 0 Å². The normalized spacial score (nSPS) is 10.5. The minimum absolute atomic E-state index is 0.0427. The third-order valence-electron chi connectivity index (χ3n) is 1.52. The Bertz CT molecular complexity index is 285. The fourth-order valence-corrected chi connectivity index (χ4v) is 0.914. The van der Waals surface area contributed by atoms with E-state index in [2.05, 4.69) is 6.92 Å². The number of carbonyl (C=O) groups excluding carboxylic acids is 1. The maximum atomic E-state index is 11.0. The number of benzene rings is 1. The summed E-state index contributed by atoms with van der Waals surface area (Å²) in [6.07, 6.45) is 6.22. The monoisotopic (exact) mass is 171 g/mol. The van der Waals surface area contributed by atoms with Gasteiger partial charge in [-0.1, -0.05) is 36.4 Å². The first-order valence-electron chi connectivity index (χ1n) is 4.06. The van der Waals surface area contributed by atoms with Crippen LogP contribution < -0.4 is 0 Å². The summed E-state index contributed by atoms with van der Waals surface area (Å²) in [5, 5.41) is 0. The van der Waals surface area contributed by atoms with Gasteiger partial charge < -0.3 is 0 Å². The van der Waals surface area contributed by atoms with Gasteiger partial charge in [0.1, 0.15) is 0 Å². The Balaban J connectivity index is 2.54. The summed E-state index contributed by atoms with van der Waals surface area (Å²) in [6, 6.07) is 9.69. The van der Waals surface area contributed by atoms with E-state index in [-0.39, 0.29) is 5.78 Å². The smallest absolute Gasteiger partial charge is 0.159 e. The minimum Gasteiger partial charge on any atom is -0.295 e. The van der Waals surface area contributed by atoms with Crippen LogP contribution in [0.15, 0.2) is 36.4 Å². The van der Waals surface area contributed by atoms with Crippen molar-refractivity contribution in [3.63, 3.8) is 0 Å². The molecule has 0 heterocycles. The Hall–Kier alpha value is -1.37. The molecule has 0 unspecified atom stereocenters. The van der Waals surface area contributed by atoms with E-state index >= 15 is 0 Å². The molecule has 0 spiro atoms. The van der Waals surface area contributed by atoms with Gasteiger partial charge in [-0.15, -0.1) is 0 Å². The van der Waals surface area contributed by atoms with Crippen LogP contribution in [0.25, 0.3) is 6.08 Å². The standard InChI is InChI=1S/C12H11O/c1-2-6-12(13)10-9-11-7-4-3-5-8-11/h2-10H,1H2/b10-9+. The van der Waals surface area contributed by atoms with E-state index in [4.69, 9.17) is 0 Å². The van der Waals surface area contributed by atoms with Gasteiger partial charge in [0.2, 0.25) is 0 Å². The highest BCUT2D eigenvalue weighted by molar-refractivity contribution is 6.00. The number of hydrogen-bond donors (Lipinski definition) is 0. The molecule has 1 aromatic carbocycles. The number of rotatable bonds is 4. The van der Waals surface area contributed by atoms with Gasteiger partial charge in [-0.3, -0.25) is 4.79 Å². The molecule has 0 fully saturated rings. The molecule has 3 radical (unpaired) electrons. The zero-order chi connectivity index (χ0) is 9.52. The van der Waals surface area contributed by atoms with E-state index in [9.17, 15) is 4.79 Å². The number of hydrogen-bond acceptors (Lipinski definition) is 1. The molecule has 1 heteroatoms. The molecule has 0 saturated carbocycles. The molecule has 0 amide bonds. The van der Waals surface area contributed by atoms with Crippen molar-refractivity contribution in [3.05, 3.63) is 61.7 Å². The van der Waals surface area contributed by atoms with Crippen LogP contribution in [0.3, 0.4) is 0 Å². The van der Waals surface area contributed by atoms with Crippen LogP contribution in [0, 0.1) is 19.8 Å². The van der Waals surface area contributed by atoms with Gasteiger partial charge in [0.05, 0.1) is 0 Å². The minimum atomic E-state index is -0.0427. The largest absolute Gasteiger partial charge is 0.295 e. The molecule has 1 rings (SSSR count). The van der Waals surface area contributed by atoms with Crippen LogP contribution in [0.4, 0.5) is 0 Å². The van der Waals surface area contributed by atoms with Crippen LogP contribution in [0.5, 0.6) is 0 Å². The van der Waals surface area contributed by atoms with Gasteiger partial charge in [-0.25, -0.2) is 0 Å². The fourth-order valence-electron chi connectivity index (χ4n) is 0.914. The summed E-state index contributed by atoms with van der Waals surface area (Å²) in [4.78, 5) is 11.0. The number of ketones is 1. The summed E-state index contributed by atoms with van der Waals surface area (Å²) < 4.78 is 0. The second-order valence-corrected chi connectivity index (χ2v) is 2.55. The summed E-state index contributed by atoms with van der Waals surface area (Å²) in [5.74, 6) is -0.0427. The lowest BCUT2D eigenvalue weighted by Gasteiger charge is -1.90. The lowest BCUT2D eigenvalue weighted by Crippen LogP contribution is -1.91. The average Bonchev–Trinajstić information content (AvgIpc) is 2.17. The van der Waals surface area contributed by atoms with Crippen LogP contribution in [0.1, 0.15) is 5.56 Å². The quantitative estimate of drug-likeness (QED) is 0.636. The summed E-state index contributed by atoms with van der Waals surface area (Å²) in [5.41, 5.74) is 1.02. The second kappa shape index (κ2) is 5.31. The Morgan fingerprint density at radius 3 is 2.54 bits per heavy atom. The molecule has 0 aliphatic heterocycles. The fraction of sp³-hybridized carbons (Fsp3) is 0. The van der Waals surface area contributed by atoms with E-state index < -0.39 is 0 Å². The molecule has 0 aliphatic carbocycles. The van der Waals surface area contributed by atoms with Crippen LogP contribution >= 0.6 is 0 Å². The molecule has 0 atom stereocenters. The number of carbonyl (C=O) groups is 1. The van der Waals surface area contributed by atoms with Crippen LogP contribution in [0.2, 0.25) is 0 Å². The number of allylic oxidation sites excluding steroid dienone is 1. The van der Waals surface area contributed by atoms with Crippen molar-refractivity contribution in [2.24, 2.45) is 0 Å². The van der Waals surface area contributed by atoms with Gasteiger partial charge >= 0.3 is 0 Å². The van der Waals surface area contributed by atoms with E-state index in [0.29, 0.717) is 0 Å². The first-order valence-corrected chi connectivity index (χ1v) is 4.06. The van der Waals surface area contributed by atoms with E-state index in [1.807, 2.05) is 30.3 Å². The van der Waals surface area contributed by atoms with Crippen molar-refractivity contribution in [3.8, 4) is 0 Å². The van der Waals surface area contributed by atoms with Crippen molar-refractivity contribution in [1.82, 2.24) is 0 Å². The van der Waals surface area contributed by atoms with E-state index in [0.717, 1.165) is 5.56 Å². The molecule has 13 heavy (non-hydrogen) atoms. The van der Waals surface area contributed by atoms with Crippen LogP contribution in [-0.2, 0) is 4.79 Å². The summed E-state index contributed by atoms with van der Waals surface area (Å²) in [6.45, 7) is 3.45. The highest BCUT2D eigenvalue weighted by Gasteiger charge is 1.93. The van der Waals surface area contributed by atoms with E-state index in [1.165, 1.54) is 18.9 Å². The summed E-state index contributed by atoms with van der Waals surface area (Å²) >= 11 is 0. The van der Waals surface area contributed by atoms with Crippen LogP contribution in [-0.4, -0.2) is 5.78 Å². The highest BCUT2D eigenvalue weighted by atomic mass is 16.1. The Morgan fingerprint density at radius 2 is 1.92 bits per heavy atom. The topological polar surface area (TPSA) is 17.1 Å². The van der Waals surface area contributed by atoms with Crippen molar-refractivity contribution in [2.75, 3.05) is 0 Å². The van der Waals surface area contributed by atoms with Crippen molar-refractivity contribution in [2.45, 2.75) is 0 Å². The van der Waals surface area contributed by atoms with Gasteiger partial charge in [0.15, 0.2) is 5.78 Å². The third kappa shape index (κ3) is 3.70. The predicted molar refractivity (Wildman–Crippen MR) is 54.4 cm³/mol. The zero-order valence-electron chi connectivity index (χ0n) is 7.31. The molecule has 65 valence electrons. The first kappa shape index (κ1) is 9.72. The molecule has 0 saturated heterocycles. The molecular weight excluding hydrogens is 160 g/mol. The van der Waals surface area contributed by atoms with Crippen molar-refractivity contribution < 1.29 is 4.79 Å². The predicted octanol–water partition coefficient (Wildman–Crippen LogP) is 2.51. The average molecular weight is 171 g/mol. The lowest BCUT2D eigenvalue weighted by atomic mass is 10.1. The van der Waals surface area contributed by atoms with Gasteiger partial charge in [0, 0.05) is 6.42 Å². The Labute approximate surface area is 79.1 Å². The molecule has 0 aliphatic rings. The second-order valence-electron chi connectivity index (χ2n) is 2.55. The molecule has 0 aromatic heterocycles. The molecule has 1 nitrogen and oxygen atoms in total. The van der Waals surface area contributed by atoms with Gasteiger partial charge in [-0.05, 0) is 25.0 Å². The van der Waals surface area contributed by atoms with Crippen molar-refractivity contribution >= 4 is 11.9 Å². The molecule has 1 aromatic rings. The maximum Gasteiger partial charge on any atom is 0.159 e. The summed E-state index contributed by atoms with van der Waals surface area (Å²) in [7, 11) is 0. The van der Waals surface area contributed by atoms with Gasteiger partial charge in [-0.2, -0.15) is 0 Å². The molecule has 0 N–H and O–H groups in total. The zero-order valence-corrected chi connectivity index (χ0v) is 7.31. The lowest BCUT2D eigenvalue weighted by molar-refractivity contribution is -0.111. The van der Waals surface area contributed by atoms with E-state index in [1.54, 1.807) is 6.08 Å². The third-order valence-corrected chi connectivity index (χ3v) is 1.52. The maximum absolute atomic E-state index is 11.0. The Morgan fingerprint density at radius 1 is 1.23 bits per heavy atom. The highest BCUT2D eigenvalue weighted by Crippen LogP contribution is 2.01. The van der Waals surface area contributed by atoms with Gasteiger partial charge in [0.25, 0.3) is 0 Å². The Kier molecular flexibility index (Phi) is 3.97. The molecule has 0 bridgehead atoms. The molecular formula is C12H11O. The first-order chi connectivity index (χ1) is 6.33. The SMILES string of the molecule is [CH2][CH][CH]C(=O)/C=C/c1ccccc1.